The van der Waals surface area contributed by atoms with E-state index < -0.39 is 0 Å². The first-order valence-corrected chi connectivity index (χ1v) is 13.5. The minimum atomic E-state index is -0.132. The summed E-state index contributed by atoms with van der Waals surface area (Å²) < 4.78 is 5.31. The number of hydrogen-bond acceptors (Lipinski definition) is 4. The van der Waals surface area contributed by atoms with E-state index in [0.717, 1.165) is 89.6 Å². The van der Waals surface area contributed by atoms with Crippen molar-refractivity contribution in [2.45, 2.75) is 51.0 Å². The molecule has 2 amide bonds. The molecule has 37 heavy (non-hydrogen) atoms. The lowest BCUT2D eigenvalue weighted by molar-refractivity contribution is -0.126. The number of nitrogens with zero attached hydrogens (tertiary/aromatic N) is 2. The monoisotopic (exact) mass is 495 g/mol. The Labute approximate surface area is 217 Å². The maximum Gasteiger partial charge on any atom is 0.254 e. The van der Waals surface area contributed by atoms with Gasteiger partial charge in [-0.05, 0) is 85.9 Å². The molecule has 2 aliphatic carbocycles. The van der Waals surface area contributed by atoms with Gasteiger partial charge in [-0.3, -0.25) is 9.59 Å². The molecule has 1 N–H and O–H groups in total. The molecule has 6 heteroatoms. The molecule has 2 heterocycles. The molecule has 190 valence electrons. The quantitative estimate of drug-likeness (QED) is 0.525. The van der Waals surface area contributed by atoms with Crippen LogP contribution in [0.2, 0.25) is 0 Å². The number of hydrogen-bond donors (Lipinski definition) is 1. The van der Waals surface area contributed by atoms with Crippen molar-refractivity contribution < 1.29 is 14.3 Å². The Morgan fingerprint density at radius 3 is 2.62 bits per heavy atom. The van der Waals surface area contributed by atoms with Gasteiger partial charge in [-0.15, -0.1) is 0 Å². The first kappa shape index (κ1) is 23.7. The summed E-state index contributed by atoms with van der Waals surface area (Å²) in [6, 6.07) is 16.3. The molecular weight excluding hydrogens is 462 g/mol. The lowest BCUT2D eigenvalue weighted by Gasteiger charge is -2.33. The predicted octanol–water partition coefficient (Wildman–Crippen LogP) is 5.25. The van der Waals surface area contributed by atoms with Gasteiger partial charge >= 0.3 is 0 Å². The van der Waals surface area contributed by atoms with E-state index in [1.54, 1.807) is 7.11 Å². The van der Waals surface area contributed by atoms with Gasteiger partial charge in [0.25, 0.3) is 5.91 Å². The number of carbonyl (C=O) groups excluding carboxylic acids is 2. The predicted molar refractivity (Wildman–Crippen MR) is 145 cm³/mol. The number of benzene rings is 2. The number of aromatic nitrogens is 1. The van der Waals surface area contributed by atoms with Crippen LogP contribution >= 0.6 is 0 Å². The van der Waals surface area contributed by atoms with Gasteiger partial charge in [0.2, 0.25) is 5.91 Å². The number of amides is 2. The zero-order chi connectivity index (χ0) is 25.4. The summed E-state index contributed by atoms with van der Waals surface area (Å²) in [4.78, 5) is 33.9. The van der Waals surface area contributed by atoms with E-state index in [9.17, 15) is 9.59 Å². The second-order valence-electron chi connectivity index (χ2n) is 10.5. The molecule has 3 aromatic rings. The SMILES string of the molecule is COc1ccc(/C=C2\CCCc3c2nc2ccccc2c3C(=O)N2CCCC(C(=O)NC3CC3)C2)cc1. The fraction of sp³-hybridized carbons (Fsp3) is 0.387. The Balaban J connectivity index is 1.37. The van der Waals surface area contributed by atoms with Crippen molar-refractivity contribution in [1.29, 1.82) is 0 Å². The maximum atomic E-state index is 14.2. The van der Waals surface area contributed by atoms with Gasteiger partial charge in [0.15, 0.2) is 0 Å². The number of nitrogens with one attached hydrogen (secondary N) is 1. The van der Waals surface area contributed by atoms with E-state index >= 15 is 0 Å². The van der Waals surface area contributed by atoms with E-state index in [-0.39, 0.29) is 17.7 Å². The fourth-order valence-corrected chi connectivity index (χ4v) is 5.70. The van der Waals surface area contributed by atoms with E-state index in [1.165, 1.54) is 0 Å². The smallest absolute Gasteiger partial charge is 0.254 e. The third-order valence-corrected chi connectivity index (χ3v) is 7.84. The van der Waals surface area contributed by atoms with Crippen molar-refractivity contribution in [2.75, 3.05) is 20.2 Å². The van der Waals surface area contributed by atoms with Crippen molar-refractivity contribution in [3.05, 3.63) is 70.9 Å². The Bertz CT molecular complexity index is 1370. The fourth-order valence-electron chi connectivity index (χ4n) is 5.70. The van der Waals surface area contributed by atoms with Gasteiger partial charge in [-0.2, -0.15) is 0 Å². The number of carbonyl (C=O) groups is 2. The van der Waals surface area contributed by atoms with Gasteiger partial charge < -0.3 is 15.0 Å². The number of pyridine rings is 1. The number of methoxy groups -OCH3 is 1. The molecule has 6 nitrogen and oxygen atoms in total. The van der Waals surface area contributed by atoms with Gasteiger partial charge in [0.1, 0.15) is 5.75 Å². The zero-order valence-electron chi connectivity index (χ0n) is 21.3. The molecule has 1 saturated heterocycles. The number of ether oxygens (including phenoxy) is 1. The Morgan fingerprint density at radius 2 is 1.84 bits per heavy atom. The normalized spacial score (nSPS) is 20.5. The van der Waals surface area contributed by atoms with Crippen LogP contribution in [0.15, 0.2) is 48.5 Å². The van der Waals surface area contributed by atoms with E-state index in [0.29, 0.717) is 19.1 Å². The van der Waals surface area contributed by atoms with Crippen molar-refractivity contribution in [2.24, 2.45) is 5.92 Å². The van der Waals surface area contributed by atoms with Crippen LogP contribution in [0.1, 0.15) is 65.7 Å². The lowest BCUT2D eigenvalue weighted by Crippen LogP contribution is -2.46. The van der Waals surface area contributed by atoms with Crippen LogP contribution in [0.25, 0.3) is 22.6 Å². The number of para-hydroxylation sites is 1. The number of fused-ring (bicyclic) bond motifs is 2. The van der Waals surface area contributed by atoms with Gasteiger partial charge in [0.05, 0.1) is 29.8 Å². The summed E-state index contributed by atoms with van der Waals surface area (Å²) in [6.45, 7) is 1.17. The van der Waals surface area contributed by atoms with Crippen LogP contribution in [0.3, 0.4) is 0 Å². The Morgan fingerprint density at radius 1 is 1.03 bits per heavy atom. The van der Waals surface area contributed by atoms with E-state index in [1.807, 2.05) is 53.4 Å². The minimum Gasteiger partial charge on any atom is -0.497 e. The molecule has 6 rings (SSSR count). The molecule has 2 fully saturated rings. The van der Waals surface area contributed by atoms with Crippen LogP contribution in [0, 0.1) is 5.92 Å². The first-order chi connectivity index (χ1) is 18.1. The van der Waals surface area contributed by atoms with Crippen molar-refractivity contribution in [1.82, 2.24) is 15.2 Å². The zero-order valence-corrected chi connectivity index (χ0v) is 21.3. The maximum absolute atomic E-state index is 14.2. The van der Waals surface area contributed by atoms with E-state index in [4.69, 9.17) is 9.72 Å². The topological polar surface area (TPSA) is 71.5 Å². The summed E-state index contributed by atoms with van der Waals surface area (Å²) in [5.74, 6) is 0.831. The highest BCUT2D eigenvalue weighted by Gasteiger charge is 2.34. The highest BCUT2D eigenvalue weighted by molar-refractivity contribution is 6.09. The molecule has 1 atom stereocenters. The molecule has 0 radical (unpaired) electrons. The van der Waals surface area contributed by atoms with Crippen LogP contribution in [-0.4, -0.2) is 47.9 Å². The summed E-state index contributed by atoms with van der Waals surface area (Å²) in [5, 5.41) is 4.04. The number of rotatable bonds is 5. The molecular formula is C31H33N3O3. The summed E-state index contributed by atoms with van der Waals surface area (Å²) in [7, 11) is 1.67. The third kappa shape index (κ3) is 4.85. The molecule has 1 saturated carbocycles. The second-order valence-corrected chi connectivity index (χ2v) is 10.5. The van der Waals surface area contributed by atoms with E-state index in [2.05, 4.69) is 11.4 Å². The van der Waals surface area contributed by atoms with Crippen molar-refractivity contribution >= 4 is 34.4 Å². The molecule has 0 bridgehead atoms. The van der Waals surface area contributed by atoms with Gasteiger partial charge in [-0.25, -0.2) is 4.98 Å². The molecule has 1 unspecified atom stereocenters. The highest BCUT2D eigenvalue weighted by Crippen LogP contribution is 2.37. The average molecular weight is 496 g/mol. The van der Waals surface area contributed by atoms with Gasteiger partial charge in [0, 0.05) is 24.5 Å². The summed E-state index contributed by atoms with van der Waals surface area (Å²) >= 11 is 0. The third-order valence-electron chi connectivity index (χ3n) is 7.84. The lowest BCUT2D eigenvalue weighted by atomic mass is 9.85. The van der Waals surface area contributed by atoms with Crippen LogP contribution in [0.5, 0.6) is 5.75 Å². The van der Waals surface area contributed by atoms with Crippen molar-refractivity contribution in [3.63, 3.8) is 0 Å². The van der Waals surface area contributed by atoms with Crippen LogP contribution < -0.4 is 10.1 Å². The largest absolute Gasteiger partial charge is 0.497 e. The standard InChI is InChI=1S/C31H33N3O3/c1-37-24-15-11-20(12-16-24)18-21-6-4-9-26-28(25-8-2-3-10-27(25)33-29(21)26)31(36)34-17-5-7-22(19-34)30(35)32-23-13-14-23/h2-3,8,10-12,15-16,18,22-23H,4-7,9,13-14,17,19H2,1H3,(H,32,35)/b21-18+. The molecule has 1 aliphatic heterocycles. The molecule has 1 aromatic heterocycles. The number of likely N-dealkylation sites (tertiary alicyclic amines) is 1. The molecule has 0 spiro atoms. The van der Waals surface area contributed by atoms with Crippen molar-refractivity contribution in [3.8, 4) is 5.75 Å². The highest BCUT2D eigenvalue weighted by atomic mass is 16.5. The van der Waals surface area contributed by atoms with Gasteiger partial charge in [-0.1, -0.05) is 30.3 Å². The molecule has 3 aliphatic rings. The number of allylic oxidation sites excluding steroid dienone is 1. The number of piperidine rings is 1. The van der Waals surface area contributed by atoms with Crippen LogP contribution in [0.4, 0.5) is 0 Å². The second kappa shape index (κ2) is 10.0. The summed E-state index contributed by atoms with van der Waals surface area (Å²) in [5.41, 5.74) is 5.83. The Hall–Kier alpha value is -3.67. The minimum absolute atomic E-state index is 0.0319. The Kier molecular flexibility index (Phi) is 6.41. The summed E-state index contributed by atoms with van der Waals surface area (Å²) in [6.07, 6.45) is 8.74. The average Bonchev–Trinajstić information content (AvgIpc) is 3.76. The van der Waals surface area contributed by atoms with Crippen LogP contribution in [-0.2, 0) is 11.2 Å². The molecule has 2 aromatic carbocycles. The first-order valence-electron chi connectivity index (χ1n) is 13.5.